The van der Waals surface area contributed by atoms with Gasteiger partial charge in [-0.05, 0) is 55.4 Å². The smallest absolute Gasteiger partial charge is 0.306 e. The van der Waals surface area contributed by atoms with Crippen LogP contribution in [0, 0.1) is 24.7 Å². The first-order chi connectivity index (χ1) is 15.5. The second-order valence-electron chi connectivity index (χ2n) is 8.72. The Balaban J connectivity index is 1.77. The van der Waals surface area contributed by atoms with Crippen LogP contribution in [0.2, 0.25) is 5.02 Å². The van der Waals surface area contributed by atoms with E-state index in [1.165, 1.54) is 6.20 Å². The summed E-state index contributed by atoms with van der Waals surface area (Å²) < 4.78 is 26.3. The molecule has 1 atom stereocenters. The van der Waals surface area contributed by atoms with Gasteiger partial charge >= 0.3 is 5.97 Å². The van der Waals surface area contributed by atoms with E-state index in [1.807, 2.05) is 19.9 Å². The van der Waals surface area contributed by atoms with E-state index in [1.54, 1.807) is 29.1 Å². The van der Waals surface area contributed by atoms with E-state index >= 15 is 0 Å². The van der Waals surface area contributed by atoms with Crippen molar-refractivity contribution in [1.82, 2.24) is 14.8 Å². The summed E-state index contributed by atoms with van der Waals surface area (Å²) in [5.41, 5.74) is 3.04. The van der Waals surface area contributed by atoms with E-state index in [2.05, 4.69) is 10.1 Å². The predicted octanol–water partition coefficient (Wildman–Crippen LogP) is 4.32. The normalized spacial score (nSPS) is 19.9. The molecule has 0 saturated heterocycles. The minimum atomic E-state index is -3.54. The first-order valence-corrected chi connectivity index (χ1v) is 12.9. The average Bonchev–Trinajstić information content (AvgIpc) is 3.08. The number of fused-ring (bicyclic) bond motifs is 1. The number of carboxylic acids is 1. The first-order valence-electron chi connectivity index (χ1n) is 10.6. The lowest BCUT2D eigenvalue weighted by molar-refractivity contribution is -0.146. The molecule has 1 saturated carbocycles. The van der Waals surface area contributed by atoms with Crippen molar-refractivity contribution in [3.63, 3.8) is 0 Å². The Kier molecular flexibility index (Phi) is 6.28. The number of carboxylic acid groups (broad SMARTS) is 1. The largest absolute Gasteiger partial charge is 0.481 e. The second kappa shape index (κ2) is 8.87. The summed E-state index contributed by atoms with van der Waals surface area (Å²) >= 11 is 6.20. The molecular formula is C23H25ClN4O4S. The molecule has 2 aromatic heterocycles. The lowest BCUT2D eigenvalue weighted by atomic mass is 9.68. The molecule has 4 rings (SSSR count). The fourth-order valence-corrected chi connectivity index (χ4v) is 5.21. The topological polar surface area (TPSA) is 115 Å². The maximum Gasteiger partial charge on any atom is 0.306 e. The maximum absolute atomic E-state index is 12.3. The Morgan fingerprint density at radius 1 is 1.33 bits per heavy atom. The van der Waals surface area contributed by atoms with Gasteiger partial charge in [-0.3, -0.25) is 19.5 Å². The van der Waals surface area contributed by atoms with Crippen molar-refractivity contribution >= 4 is 49.7 Å². The van der Waals surface area contributed by atoms with Crippen LogP contribution in [0.3, 0.4) is 0 Å². The lowest BCUT2D eigenvalue weighted by Gasteiger charge is -2.37. The van der Waals surface area contributed by atoms with Gasteiger partial charge in [0.05, 0.1) is 29.9 Å². The number of carbonyl (C=O) groups is 1. The van der Waals surface area contributed by atoms with E-state index < -0.39 is 15.8 Å². The third-order valence-corrected chi connectivity index (χ3v) is 7.61. The van der Waals surface area contributed by atoms with Crippen LogP contribution in [0.4, 0.5) is 5.69 Å². The number of hydrogen-bond acceptors (Lipinski definition) is 6. The van der Waals surface area contributed by atoms with Gasteiger partial charge in [0.25, 0.3) is 0 Å². The minimum absolute atomic E-state index is 0.000393. The van der Waals surface area contributed by atoms with Gasteiger partial charge in [0, 0.05) is 28.6 Å². The summed E-state index contributed by atoms with van der Waals surface area (Å²) in [6.45, 7) is 4.22. The zero-order valence-electron chi connectivity index (χ0n) is 18.6. The molecule has 1 aliphatic carbocycles. The number of halogens is 1. The molecule has 1 aliphatic rings. The molecule has 3 aromatic rings. The van der Waals surface area contributed by atoms with Crippen molar-refractivity contribution in [2.24, 2.45) is 22.7 Å². The van der Waals surface area contributed by atoms with Crippen LogP contribution in [0.25, 0.3) is 10.9 Å². The quantitative estimate of drug-likeness (QED) is 0.495. The molecule has 0 spiro atoms. The van der Waals surface area contributed by atoms with Crippen molar-refractivity contribution in [3.05, 3.63) is 47.2 Å². The Labute approximate surface area is 197 Å². The zero-order chi connectivity index (χ0) is 23.9. The molecule has 10 heteroatoms. The fourth-order valence-electron chi connectivity index (χ4n) is 4.22. The van der Waals surface area contributed by atoms with E-state index in [-0.39, 0.29) is 29.3 Å². The molecule has 1 unspecified atom stereocenters. The number of aromatic nitrogens is 3. The van der Waals surface area contributed by atoms with E-state index in [4.69, 9.17) is 16.6 Å². The van der Waals surface area contributed by atoms with E-state index in [9.17, 15) is 18.3 Å². The summed E-state index contributed by atoms with van der Waals surface area (Å²) in [7, 11) is -3.54. The van der Waals surface area contributed by atoms with Gasteiger partial charge in [-0.15, -0.1) is 0 Å². The third-order valence-electron chi connectivity index (χ3n) is 6.37. The second-order valence-corrected chi connectivity index (χ2v) is 11.1. The number of hydrogen-bond donors (Lipinski definition) is 1. The van der Waals surface area contributed by atoms with Crippen LogP contribution in [0.5, 0.6) is 0 Å². The highest BCUT2D eigenvalue weighted by atomic mass is 35.5. The minimum Gasteiger partial charge on any atom is -0.481 e. The Morgan fingerprint density at radius 2 is 2.06 bits per heavy atom. The summed E-state index contributed by atoms with van der Waals surface area (Å²) in [5.74, 6) is -0.974. The molecule has 1 aromatic carbocycles. The molecule has 1 N–H and O–H groups in total. The number of pyridine rings is 1. The van der Waals surface area contributed by atoms with Crippen molar-refractivity contribution in [1.29, 1.82) is 0 Å². The highest BCUT2D eigenvalue weighted by Gasteiger charge is 2.39. The van der Waals surface area contributed by atoms with Gasteiger partial charge < -0.3 is 5.11 Å². The average molecular weight is 489 g/mol. The van der Waals surface area contributed by atoms with Gasteiger partial charge in [0.2, 0.25) is 0 Å². The highest BCUT2D eigenvalue weighted by Crippen LogP contribution is 2.40. The van der Waals surface area contributed by atoms with Crippen molar-refractivity contribution in [2.45, 2.75) is 38.3 Å². The van der Waals surface area contributed by atoms with E-state index in [0.29, 0.717) is 28.8 Å². The van der Waals surface area contributed by atoms with Gasteiger partial charge in [-0.2, -0.15) is 5.10 Å². The van der Waals surface area contributed by atoms with Crippen molar-refractivity contribution < 1.29 is 18.3 Å². The Hall–Kier alpha value is -2.78. The number of sulfone groups is 1. The van der Waals surface area contributed by atoms with Crippen molar-refractivity contribution in [3.8, 4) is 0 Å². The summed E-state index contributed by atoms with van der Waals surface area (Å²) in [5, 5.41) is 14.8. The van der Waals surface area contributed by atoms with Crippen LogP contribution in [0.1, 0.15) is 25.3 Å². The maximum atomic E-state index is 12.3. The van der Waals surface area contributed by atoms with Crippen LogP contribution in [-0.4, -0.2) is 46.2 Å². The van der Waals surface area contributed by atoms with Gasteiger partial charge in [-0.1, -0.05) is 24.6 Å². The number of rotatable bonds is 7. The van der Waals surface area contributed by atoms with Crippen LogP contribution < -0.4 is 0 Å². The highest BCUT2D eigenvalue weighted by molar-refractivity contribution is 7.90. The molecule has 33 heavy (non-hydrogen) atoms. The molecule has 0 radical (unpaired) electrons. The molecule has 2 heterocycles. The Morgan fingerprint density at radius 3 is 2.73 bits per heavy atom. The molecule has 0 amide bonds. The van der Waals surface area contributed by atoms with E-state index in [0.717, 1.165) is 23.2 Å². The Bertz CT molecular complexity index is 1360. The van der Waals surface area contributed by atoms with Crippen LogP contribution in [-0.2, 0) is 21.2 Å². The number of aliphatic imine (C=N–C) groups is 1. The van der Waals surface area contributed by atoms with Gasteiger partial charge in [-0.25, -0.2) is 8.42 Å². The number of aliphatic carboxylic acids is 1. The molecule has 0 bridgehead atoms. The van der Waals surface area contributed by atoms with Crippen LogP contribution >= 0.6 is 11.6 Å². The SMILES string of the molecule is Cc1ccc(Cl)cc1N=C(Cn1nc(S(C)(=O)=O)c2ccncc21)C(C)C1CC(C(=O)O)C1. The predicted molar refractivity (Wildman–Crippen MR) is 127 cm³/mol. The molecular weight excluding hydrogens is 464 g/mol. The van der Waals surface area contributed by atoms with Gasteiger partial charge in [0.1, 0.15) is 0 Å². The lowest BCUT2D eigenvalue weighted by Crippen LogP contribution is -2.38. The standard InChI is InChI=1S/C23H25ClN4O4S/c1-13-4-5-17(24)10-19(13)26-20(14(2)15-8-16(9-15)23(29)30)12-28-21-11-25-7-6-18(21)22(27-28)33(3,31)32/h4-7,10-11,14-16H,8-9,12H2,1-3H3,(H,29,30). The number of nitrogens with zero attached hydrogens (tertiary/aromatic N) is 4. The molecule has 0 aliphatic heterocycles. The summed E-state index contributed by atoms with van der Waals surface area (Å²) in [6.07, 6.45) is 5.43. The fraction of sp³-hybridized carbons (Fsp3) is 0.391. The monoisotopic (exact) mass is 488 g/mol. The van der Waals surface area contributed by atoms with Crippen molar-refractivity contribution in [2.75, 3.05) is 6.26 Å². The molecule has 174 valence electrons. The summed E-state index contributed by atoms with van der Waals surface area (Å²) in [4.78, 5) is 20.4. The number of benzene rings is 1. The number of aryl methyl sites for hydroxylation is 1. The molecule has 8 nitrogen and oxygen atoms in total. The third kappa shape index (κ3) is 4.79. The molecule has 1 fully saturated rings. The zero-order valence-corrected chi connectivity index (χ0v) is 20.1. The van der Waals surface area contributed by atoms with Gasteiger partial charge in [0.15, 0.2) is 14.9 Å². The summed E-state index contributed by atoms with van der Waals surface area (Å²) in [6, 6.07) is 7.12. The first kappa shape index (κ1) is 23.4. The van der Waals surface area contributed by atoms with Crippen LogP contribution in [0.15, 0.2) is 46.7 Å².